The Balaban J connectivity index is 1.63. The molecule has 3 nitrogen and oxygen atoms in total. The largest absolute Gasteiger partial charge is 0.299 e. The van der Waals surface area contributed by atoms with Crippen LogP contribution in [0.3, 0.4) is 0 Å². The average molecular weight is 258 g/mol. The molecule has 0 atom stereocenters. The van der Waals surface area contributed by atoms with Gasteiger partial charge in [0.1, 0.15) is 0 Å². The molecule has 1 aliphatic rings. The van der Waals surface area contributed by atoms with E-state index in [1.165, 1.54) is 24.8 Å². The van der Waals surface area contributed by atoms with Crippen LogP contribution in [-0.4, -0.2) is 24.8 Å². The van der Waals surface area contributed by atoms with Crippen LogP contribution >= 0.6 is 0 Å². The van der Waals surface area contributed by atoms with E-state index < -0.39 is 0 Å². The SMILES string of the molecule is N#CCc1ccc(CCCON2CCCCC2)cc1. The molecule has 0 amide bonds. The summed E-state index contributed by atoms with van der Waals surface area (Å²) in [4.78, 5) is 5.76. The van der Waals surface area contributed by atoms with Gasteiger partial charge in [0, 0.05) is 13.1 Å². The van der Waals surface area contributed by atoms with Gasteiger partial charge in [0.25, 0.3) is 0 Å². The monoisotopic (exact) mass is 258 g/mol. The quantitative estimate of drug-likeness (QED) is 0.736. The molecule has 1 aliphatic heterocycles. The first-order valence-electron chi connectivity index (χ1n) is 7.21. The highest BCUT2D eigenvalue weighted by Gasteiger charge is 2.09. The third kappa shape index (κ3) is 5.02. The number of benzene rings is 1. The highest BCUT2D eigenvalue weighted by atomic mass is 16.7. The summed E-state index contributed by atoms with van der Waals surface area (Å²) < 4.78 is 0. The number of hydrogen-bond donors (Lipinski definition) is 0. The molecule has 2 rings (SSSR count). The highest BCUT2D eigenvalue weighted by Crippen LogP contribution is 2.10. The normalized spacial score (nSPS) is 16.2. The number of rotatable bonds is 6. The van der Waals surface area contributed by atoms with Crippen molar-refractivity contribution < 1.29 is 4.84 Å². The first-order valence-corrected chi connectivity index (χ1v) is 7.21. The van der Waals surface area contributed by atoms with Gasteiger partial charge in [-0.15, -0.1) is 0 Å². The fourth-order valence-electron chi connectivity index (χ4n) is 2.38. The second-order valence-electron chi connectivity index (χ2n) is 5.08. The summed E-state index contributed by atoms with van der Waals surface area (Å²) in [5.41, 5.74) is 2.42. The standard InChI is InChI=1S/C16H22N2O/c17-11-10-16-8-6-15(7-9-16)5-4-14-19-18-12-2-1-3-13-18/h6-9H,1-5,10,12-14H2. The van der Waals surface area contributed by atoms with Crippen LogP contribution in [0.2, 0.25) is 0 Å². The average Bonchev–Trinajstić information content (AvgIpc) is 2.47. The van der Waals surface area contributed by atoms with Crippen molar-refractivity contribution in [1.29, 1.82) is 5.26 Å². The molecule has 0 unspecified atom stereocenters. The van der Waals surface area contributed by atoms with Gasteiger partial charge in [-0.25, -0.2) is 0 Å². The molecule has 1 heterocycles. The molecular formula is C16H22N2O. The second-order valence-corrected chi connectivity index (χ2v) is 5.08. The van der Waals surface area contributed by atoms with Gasteiger partial charge in [-0.05, 0) is 36.8 Å². The number of hydroxylamine groups is 2. The van der Waals surface area contributed by atoms with Gasteiger partial charge in [-0.2, -0.15) is 10.3 Å². The van der Waals surface area contributed by atoms with E-state index in [2.05, 4.69) is 23.3 Å². The zero-order valence-electron chi connectivity index (χ0n) is 11.5. The molecule has 19 heavy (non-hydrogen) atoms. The molecule has 0 aromatic heterocycles. The zero-order chi connectivity index (χ0) is 13.3. The van der Waals surface area contributed by atoms with E-state index in [0.717, 1.165) is 38.1 Å². The van der Waals surface area contributed by atoms with Gasteiger partial charge < -0.3 is 0 Å². The Labute approximate surface area is 115 Å². The lowest BCUT2D eigenvalue weighted by Crippen LogP contribution is -2.30. The predicted molar refractivity (Wildman–Crippen MR) is 75.5 cm³/mol. The molecule has 1 saturated heterocycles. The second kappa shape index (κ2) is 7.93. The first kappa shape index (κ1) is 14.0. The zero-order valence-corrected chi connectivity index (χ0v) is 11.5. The minimum Gasteiger partial charge on any atom is -0.299 e. The minimum atomic E-state index is 0.498. The minimum absolute atomic E-state index is 0.498. The van der Waals surface area contributed by atoms with Crippen molar-refractivity contribution in [2.75, 3.05) is 19.7 Å². The van der Waals surface area contributed by atoms with Gasteiger partial charge >= 0.3 is 0 Å². The molecule has 0 radical (unpaired) electrons. The van der Waals surface area contributed by atoms with Crippen molar-refractivity contribution >= 4 is 0 Å². The molecule has 102 valence electrons. The topological polar surface area (TPSA) is 36.3 Å². The Morgan fingerprint density at radius 3 is 2.42 bits per heavy atom. The summed E-state index contributed by atoms with van der Waals surface area (Å²) in [5, 5.41) is 10.7. The predicted octanol–water partition coefficient (Wildman–Crippen LogP) is 3.10. The van der Waals surface area contributed by atoms with Crippen LogP contribution in [-0.2, 0) is 17.7 Å². The molecule has 0 saturated carbocycles. The molecule has 1 aromatic rings. The molecule has 1 fully saturated rings. The van der Waals surface area contributed by atoms with Gasteiger partial charge in [0.2, 0.25) is 0 Å². The number of aryl methyl sites for hydroxylation is 1. The summed E-state index contributed by atoms with van der Waals surface area (Å²) in [6.07, 6.45) is 6.46. The van der Waals surface area contributed by atoms with Crippen molar-refractivity contribution in [2.24, 2.45) is 0 Å². The lowest BCUT2D eigenvalue weighted by atomic mass is 10.1. The van der Waals surface area contributed by atoms with E-state index in [4.69, 9.17) is 10.1 Å². The Hall–Kier alpha value is -1.37. The number of nitrogens with zero attached hydrogens (tertiary/aromatic N) is 2. The van der Waals surface area contributed by atoms with E-state index in [1.807, 2.05) is 12.1 Å². The fraction of sp³-hybridized carbons (Fsp3) is 0.562. The summed E-state index contributed by atoms with van der Waals surface area (Å²) in [6, 6.07) is 10.5. The van der Waals surface area contributed by atoms with Crippen LogP contribution in [0.15, 0.2) is 24.3 Å². The van der Waals surface area contributed by atoms with Gasteiger partial charge in [-0.3, -0.25) is 4.84 Å². The van der Waals surface area contributed by atoms with Crippen molar-refractivity contribution in [2.45, 2.75) is 38.5 Å². The smallest absolute Gasteiger partial charge is 0.0688 e. The third-order valence-electron chi connectivity index (χ3n) is 3.50. The van der Waals surface area contributed by atoms with Crippen LogP contribution < -0.4 is 0 Å². The molecule has 0 aliphatic carbocycles. The van der Waals surface area contributed by atoms with Gasteiger partial charge in [0.05, 0.1) is 19.1 Å². The van der Waals surface area contributed by atoms with Crippen LogP contribution in [0.1, 0.15) is 36.8 Å². The van der Waals surface area contributed by atoms with Crippen LogP contribution in [0.25, 0.3) is 0 Å². The van der Waals surface area contributed by atoms with Crippen LogP contribution in [0, 0.1) is 11.3 Å². The lowest BCUT2D eigenvalue weighted by molar-refractivity contribution is -0.168. The maximum Gasteiger partial charge on any atom is 0.0688 e. The van der Waals surface area contributed by atoms with Crippen LogP contribution in [0.4, 0.5) is 0 Å². The Bertz CT molecular complexity index is 402. The molecule has 0 bridgehead atoms. The first-order chi connectivity index (χ1) is 9.38. The fourth-order valence-corrected chi connectivity index (χ4v) is 2.38. The maximum atomic E-state index is 8.61. The van der Waals surface area contributed by atoms with Crippen molar-refractivity contribution in [3.63, 3.8) is 0 Å². The van der Waals surface area contributed by atoms with Crippen molar-refractivity contribution in [3.05, 3.63) is 35.4 Å². The van der Waals surface area contributed by atoms with E-state index in [-0.39, 0.29) is 0 Å². The molecule has 0 spiro atoms. The Morgan fingerprint density at radius 2 is 1.74 bits per heavy atom. The summed E-state index contributed by atoms with van der Waals surface area (Å²) in [6.45, 7) is 2.98. The Kier molecular flexibility index (Phi) is 5.87. The van der Waals surface area contributed by atoms with Crippen molar-refractivity contribution in [3.8, 4) is 6.07 Å². The van der Waals surface area contributed by atoms with Crippen molar-refractivity contribution in [1.82, 2.24) is 5.06 Å². The third-order valence-corrected chi connectivity index (χ3v) is 3.50. The molecule has 3 heteroatoms. The Morgan fingerprint density at radius 1 is 1.05 bits per heavy atom. The molecule has 1 aromatic carbocycles. The van der Waals surface area contributed by atoms with Gasteiger partial charge in [0.15, 0.2) is 0 Å². The van der Waals surface area contributed by atoms with Gasteiger partial charge in [-0.1, -0.05) is 30.7 Å². The van der Waals surface area contributed by atoms with E-state index >= 15 is 0 Å². The molecule has 0 N–H and O–H groups in total. The van der Waals surface area contributed by atoms with E-state index in [1.54, 1.807) is 0 Å². The number of nitriles is 1. The maximum absolute atomic E-state index is 8.61. The van der Waals surface area contributed by atoms with E-state index in [0.29, 0.717) is 6.42 Å². The van der Waals surface area contributed by atoms with E-state index in [9.17, 15) is 0 Å². The summed E-state index contributed by atoms with van der Waals surface area (Å²) >= 11 is 0. The highest BCUT2D eigenvalue weighted by molar-refractivity contribution is 5.24. The number of hydrogen-bond acceptors (Lipinski definition) is 3. The molecular weight excluding hydrogens is 236 g/mol. The summed E-state index contributed by atoms with van der Waals surface area (Å²) in [7, 11) is 0. The lowest BCUT2D eigenvalue weighted by Gasteiger charge is -2.25. The summed E-state index contributed by atoms with van der Waals surface area (Å²) in [5.74, 6) is 0. The van der Waals surface area contributed by atoms with Crippen LogP contribution in [0.5, 0.6) is 0 Å². The number of piperidine rings is 1.